The van der Waals surface area contributed by atoms with Gasteiger partial charge in [0.05, 0.1) is 4.90 Å². The SMILES string of the molecule is CN1CCN(C)CC1.O=S(=O)(Cl)c1ccccc1. The largest absolute Gasteiger partial charge is 0.304 e. The highest BCUT2D eigenvalue weighted by molar-refractivity contribution is 8.13. The lowest BCUT2D eigenvalue weighted by atomic mass is 10.4. The normalized spacial score (nSPS) is 17.9. The second-order valence-electron chi connectivity index (χ2n) is 4.36. The maximum atomic E-state index is 10.6. The highest BCUT2D eigenvalue weighted by atomic mass is 35.7. The summed E-state index contributed by atoms with van der Waals surface area (Å²) in [6, 6.07) is 7.86. The molecule has 4 nitrogen and oxygen atoms in total. The number of halogens is 1. The van der Waals surface area contributed by atoms with Crippen LogP contribution in [0, 0.1) is 0 Å². The first-order valence-electron chi connectivity index (χ1n) is 5.76. The summed E-state index contributed by atoms with van der Waals surface area (Å²) in [5, 5.41) is 0. The molecule has 1 aliphatic heterocycles. The van der Waals surface area contributed by atoms with E-state index in [4.69, 9.17) is 10.7 Å². The summed E-state index contributed by atoms with van der Waals surface area (Å²) in [6.45, 7) is 4.93. The molecular weight excluding hydrogens is 272 g/mol. The standard InChI is InChI=1S/C6H5ClO2S.C6H14N2/c7-10(8,9)6-4-2-1-3-5-6;1-7-3-5-8(2)6-4-7/h1-5H;3-6H2,1-2H3. The Hall–Kier alpha value is -0.620. The molecule has 0 aliphatic carbocycles. The van der Waals surface area contributed by atoms with Crippen molar-refractivity contribution in [1.82, 2.24) is 9.80 Å². The number of benzene rings is 1. The number of rotatable bonds is 1. The second-order valence-corrected chi connectivity index (χ2v) is 6.92. The molecule has 0 aromatic heterocycles. The van der Waals surface area contributed by atoms with Crippen LogP contribution in [0.2, 0.25) is 0 Å². The number of hydrogen-bond donors (Lipinski definition) is 0. The van der Waals surface area contributed by atoms with E-state index in [-0.39, 0.29) is 4.90 Å². The van der Waals surface area contributed by atoms with Crippen molar-refractivity contribution < 1.29 is 8.42 Å². The molecule has 0 bridgehead atoms. The van der Waals surface area contributed by atoms with Crippen molar-refractivity contribution in [2.24, 2.45) is 0 Å². The highest BCUT2D eigenvalue weighted by Crippen LogP contribution is 2.12. The van der Waals surface area contributed by atoms with E-state index < -0.39 is 9.05 Å². The molecule has 1 aromatic carbocycles. The predicted octanol–water partition coefficient (Wildman–Crippen LogP) is 1.48. The van der Waals surface area contributed by atoms with Gasteiger partial charge in [-0.15, -0.1) is 0 Å². The zero-order valence-electron chi connectivity index (χ0n) is 10.7. The van der Waals surface area contributed by atoms with Crippen LogP contribution in [-0.4, -0.2) is 58.5 Å². The van der Waals surface area contributed by atoms with Gasteiger partial charge in [-0.05, 0) is 26.2 Å². The van der Waals surface area contributed by atoms with Crippen LogP contribution >= 0.6 is 10.7 Å². The molecule has 1 aromatic rings. The van der Waals surface area contributed by atoms with Crippen LogP contribution in [0.3, 0.4) is 0 Å². The van der Waals surface area contributed by atoms with Crippen molar-refractivity contribution >= 4 is 19.7 Å². The van der Waals surface area contributed by atoms with E-state index in [0.717, 1.165) is 0 Å². The fourth-order valence-electron chi connectivity index (χ4n) is 1.49. The van der Waals surface area contributed by atoms with E-state index >= 15 is 0 Å². The molecule has 1 saturated heterocycles. The molecule has 102 valence electrons. The molecule has 1 aliphatic rings. The van der Waals surface area contributed by atoms with Gasteiger partial charge in [-0.25, -0.2) is 8.42 Å². The fraction of sp³-hybridized carbons (Fsp3) is 0.500. The lowest BCUT2D eigenvalue weighted by Gasteiger charge is -2.28. The first-order valence-corrected chi connectivity index (χ1v) is 8.07. The molecule has 6 heteroatoms. The zero-order chi connectivity index (χ0) is 13.6. The number of nitrogens with zero attached hydrogens (tertiary/aromatic N) is 2. The number of likely N-dealkylation sites (N-methyl/N-ethyl adjacent to an activating group) is 2. The van der Waals surface area contributed by atoms with Crippen molar-refractivity contribution in [3.8, 4) is 0 Å². The smallest absolute Gasteiger partial charge is 0.261 e. The van der Waals surface area contributed by atoms with Crippen LogP contribution in [0.5, 0.6) is 0 Å². The Morgan fingerprint density at radius 2 is 1.33 bits per heavy atom. The van der Waals surface area contributed by atoms with E-state index in [1.807, 2.05) is 0 Å². The third-order valence-corrected chi connectivity index (χ3v) is 4.12. The van der Waals surface area contributed by atoms with Gasteiger partial charge in [0.1, 0.15) is 0 Å². The molecule has 0 spiro atoms. The van der Waals surface area contributed by atoms with Gasteiger partial charge in [0.15, 0.2) is 0 Å². The minimum atomic E-state index is -3.53. The second kappa shape index (κ2) is 7.09. The summed E-state index contributed by atoms with van der Waals surface area (Å²) in [4.78, 5) is 4.86. The Labute approximate surface area is 114 Å². The summed E-state index contributed by atoms with van der Waals surface area (Å²) < 4.78 is 21.2. The van der Waals surface area contributed by atoms with Crippen LogP contribution in [0.1, 0.15) is 0 Å². The summed E-state index contributed by atoms with van der Waals surface area (Å²) in [7, 11) is 5.85. The lowest BCUT2D eigenvalue weighted by Crippen LogP contribution is -2.42. The van der Waals surface area contributed by atoms with Gasteiger partial charge in [-0.2, -0.15) is 0 Å². The van der Waals surface area contributed by atoms with E-state index in [9.17, 15) is 8.42 Å². The van der Waals surface area contributed by atoms with Gasteiger partial charge in [0.25, 0.3) is 9.05 Å². The van der Waals surface area contributed by atoms with Crippen LogP contribution < -0.4 is 0 Å². The highest BCUT2D eigenvalue weighted by Gasteiger charge is 2.08. The summed E-state index contributed by atoms with van der Waals surface area (Å²) in [5.41, 5.74) is 0. The van der Waals surface area contributed by atoms with Gasteiger partial charge in [0.2, 0.25) is 0 Å². The predicted molar refractivity (Wildman–Crippen MR) is 74.5 cm³/mol. The Balaban J connectivity index is 0.000000184. The Morgan fingerprint density at radius 3 is 1.61 bits per heavy atom. The molecule has 0 unspecified atom stereocenters. The number of hydrogen-bond acceptors (Lipinski definition) is 4. The molecule has 18 heavy (non-hydrogen) atoms. The first kappa shape index (κ1) is 15.4. The van der Waals surface area contributed by atoms with Gasteiger partial charge in [0, 0.05) is 36.9 Å². The molecule has 2 rings (SSSR count). The van der Waals surface area contributed by atoms with Crippen LogP contribution in [0.25, 0.3) is 0 Å². The van der Waals surface area contributed by atoms with E-state index in [0.29, 0.717) is 0 Å². The molecule has 0 atom stereocenters. The zero-order valence-corrected chi connectivity index (χ0v) is 12.3. The van der Waals surface area contributed by atoms with Crippen LogP contribution in [-0.2, 0) is 9.05 Å². The Bertz CT molecular complexity index is 432. The molecule has 0 N–H and O–H groups in total. The van der Waals surface area contributed by atoms with Crippen molar-refractivity contribution in [3.05, 3.63) is 30.3 Å². The minimum absolute atomic E-state index is 0.136. The molecule has 0 amide bonds. The topological polar surface area (TPSA) is 40.6 Å². The van der Waals surface area contributed by atoms with Crippen LogP contribution in [0.4, 0.5) is 0 Å². The van der Waals surface area contributed by atoms with Crippen molar-refractivity contribution in [2.45, 2.75) is 4.90 Å². The average molecular weight is 291 g/mol. The molecule has 0 saturated carbocycles. The third kappa shape index (κ3) is 5.82. The van der Waals surface area contributed by atoms with E-state index in [2.05, 4.69) is 23.9 Å². The van der Waals surface area contributed by atoms with Crippen LogP contribution in [0.15, 0.2) is 35.2 Å². The number of piperazine rings is 1. The monoisotopic (exact) mass is 290 g/mol. The maximum absolute atomic E-state index is 10.6. The minimum Gasteiger partial charge on any atom is -0.304 e. The molecule has 1 heterocycles. The summed E-state index contributed by atoms with van der Waals surface area (Å²) in [5.74, 6) is 0. The molecule has 1 fully saturated rings. The van der Waals surface area contributed by atoms with Crippen molar-refractivity contribution in [3.63, 3.8) is 0 Å². The van der Waals surface area contributed by atoms with Gasteiger partial charge >= 0.3 is 0 Å². The lowest BCUT2D eigenvalue weighted by molar-refractivity contribution is 0.181. The van der Waals surface area contributed by atoms with Gasteiger partial charge < -0.3 is 9.80 Å². The first-order chi connectivity index (χ1) is 8.39. The Morgan fingerprint density at radius 1 is 0.944 bits per heavy atom. The quantitative estimate of drug-likeness (QED) is 0.735. The average Bonchev–Trinajstić information content (AvgIpc) is 2.34. The van der Waals surface area contributed by atoms with Gasteiger partial charge in [-0.3, -0.25) is 0 Å². The van der Waals surface area contributed by atoms with E-state index in [1.165, 1.54) is 38.3 Å². The molecule has 0 radical (unpaired) electrons. The third-order valence-electron chi connectivity index (χ3n) is 2.75. The van der Waals surface area contributed by atoms with Crippen molar-refractivity contribution in [1.29, 1.82) is 0 Å². The summed E-state index contributed by atoms with van der Waals surface area (Å²) >= 11 is 0. The molecular formula is C12H19ClN2O2S. The maximum Gasteiger partial charge on any atom is 0.261 e. The summed E-state index contributed by atoms with van der Waals surface area (Å²) in [6.07, 6.45) is 0. The van der Waals surface area contributed by atoms with E-state index in [1.54, 1.807) is 18.2 Å². The fourth-order valence-corrected chi connectivity index (χ4v) is 2.28. The van der Waals surface area contributed by atoms with Crippen molar-refractivity contribution in [2.75, 3.05) is 40.3 Å². The Kier molecular flexibility index (Phi) is 6.08. The van der Waals surface area contributed by atoms with Gasteiger partial charge in [-0.1, -0.05) is 18.2 Å².